The number of nitrogens with zero attached hydrogens (tertiary/aromatic N) is 1. The van der Waals surface area contributed by atoms with Crippen LogP contribution in [0.4, 0.5) is 0 Å². The quantitative estimate of drug-likeness (QED) is 0.824. The Balaban J connectivity index is 0.00000261. The molecule has 1 unspecified atom stereocenters. The molecule has 1 aliphatic heterocycles. The minimum Gasteiger partial charge on any atom is -0.334 e. The van der Waals surface area contributed by atoms with E-state index in [0.717, 1.165) is 24.9 Å². The normalized spacial score (nSPS) is 16.8. The zero-order valence-corrected chi connectivity index (χ0v) is 16.9. The SMILES string of the molecule is Cc1ccc(S(=O)(=O)Cc2ccc(C(=O)N3CCCC3CN)cc2)cc1.Cl. The number of hydrogen-bond donors (Lipinski definition) is 1. The van der Waals surface area contributed by atoms with Crippen LogP contribution in [0.5, 0.6) is 0 Å². The standard InChI is InChI=1S/C20H24N2O3S.ClH/c1-15-4-10-19(11-5-15)26(24,25)14-16-6-8-17(9-7-16)20(23)22-12-2-3-18(22)13-21;/h4-11,18H,2-3,12-14,21H2,1H3;1H. The number of halogens is 1. The summed E-state index contributed by atoms with van der Waals surface area (Å²) in [5.41, 5.74) is 7.99. The molecule has 5 nitrogen and oxygen atoms in total. The van der Waals surface area contributed by atoms with E-state index in [0.29, 0.717) is 22.6 Å². The number of aryl methyl sites for hydroxylation is 1. The first kappa shape index (κ1) is 21.4. The van der Waals surface area contributed by atoms with Crippen LogP contribution in [-0.4, -0.2) is 38.4 Å². The molecular formula is C20H25ClN2O3S. The number of hydrogen-bond acceptors (Lipinski definition) is 4. The van der Waals surface area contributed by atoms with Gasteiger partial charge >= 0.3 is 0 Å². The average molecular weight is 409 g/mol. The van der Waals surface area contributed by atoms with Gasteiger partial charge in [-0.05, 0) is 49.6 Å². The predicted molar refractivity (Wildman–Crippen MR) is 109 cm³/mol. The lowest BCUT2D eigenvalue weighted by Crippen LogP contribution is -2.39. The molecule has 1 atom stereocenters. The molecule has 0 spiro atoms. The Morgan fingerprint density at radius 3 is 2.33 bits per heavy atom. The molecule has 1 amide bonds. The molecule has 2 aromatic rings. The fraction of sp³-hybridized carbons (Fsp3) is 0.350. The predicted octanol–water partition coefficient (Wildman–Crippen LogP) is 2.95. The van der Waals surface area contributed by atoms with Crippen LogP contribution in [0, 0.1) is 6.92 Å². The van der Waals surface area contributed by atoms with Crippen LogP contribution in [0.2, 0.25) is 0 Å². The van der Waals surface area contributed by atoms with Crippen molar-refractivity contribution in [3.8, 4) is 0 Å². The van der Waals surface area contributed by atoms with E-state index in [1.165, 1.54) is 0 Å². The lowest BCUT2D eigenvalue weighted by Gasteiger charge is -2.23. The number of rotatable bonds is 5. The topological polar surface area (TPSA) is 80.5 Å². The summed E-state index contributed by atoms with van der Waals surface area (Å²) in [7, 11) is -3.40. The molecular weight excluding hydrogens is 384 g/mol. The summed E-state index contributed by atoms with van der Waals surface area (Å²) in [4.78, 5) is 14.7. The van der Waals surface area contributed by atoms with E-state index >= 15 is 0 Å². The molecule has 1 saturated heterocycles. The molecule has 0 aliphatic carbocycles. The fourth-order valence-electron chi connectivity index (χ4n) is 3.31. The van der Waals surface area contributed by atoms with E-state index < -0.39 is 9.84 Å². The van der Waals surface area contributed by atoms with Crippen molar-refractivity contribution in [2.75, 3.05) is 13.1 Å². The minimum atomic E-state index is -3.40. The van der Waals surface area contributed by atoms with Gasteiger partial charge in [-0.25, -0.2) is 8.42 Å². The first-order chi connectivity index (χ1) is 12.4. The van der Waals surface area contributed by atoms with Crippen molar-refractivity contribution in [1.82, 2.24) is 4.90 Å². The van der Waals surface area contributed by atoms with Crippen molar-refractivity contribution in [2.24, 2.45) is 5.73 Å². The molecule has 146 valence electrons. The summed E-state index contributed by atoms with van der Waals surface area (Å²) in [6, 6.07) is 13.8. The Morgan fingerprint density at radius 1 is 1.11 bits per heavy atom. The van der Waals surface area contributed by atoms with E-state index in [1.54, 1.807) is 48.5 Å². The Morgan fingerprint density at radius 2 is 1.74 bits per heavy atom. The largest absolute Gasteiger partial charge is 0.334 e. The molecule has 0 bridgehead atoms. The van der Waals surface area contributed by atoms with Gasteiger partial charge in [0.1, 0.15) is 0 Å². The maximum atomic E-state index is 12.6. The van der Waals surface area contributed by atoms with E-state index in [1.807, 2.05) is 11.8 Å². The first-order valence-corrected chi connectivity index (χ1v) is 10.5. The van der Waals surface area contributed by atoms with Crippen LogP contribution in [0.25, 0.3) is 0 Å². The van der Waals surface area contributed by atoms with Crippen molar-refractivity contribution in [2.45, 2.75) is 36.5 Å². The van der Waals surface area contributed by atoms with E-state index in [9.17, 15) is 13.2 Å². The second-order valence-corrected chi connectivity index (χ2v) is 8.79. The van der Waals surface area contributed by atoms with Crippen molar-refractivity contribution in [1.29, 1.82) is 0 Å². The summed E-state index contributed by atoms with van der Waals surface area (Å²) >= 11 is 0. The van der Waals surface area contributed by atoms with Crippen LogP contribution < -0.4 is 5.73 Å². The molecule has 0 saturated carbocycles. The molecule has 27 heavy (non-hydrogen) atoms. The van der Waals surface area contributed by atoms with Crippen LogP contribution in [0.15, 0.2) is 53.4 Å². The number of amides is 1. The lowest BCUT2D eigenvalue weighted by atomic mass is 10.1. The highest BCUT2D eigenvalue weighted by Gasteiger charge is 2.28. The molecule has 3 rings (SSSR count). The van der Waals surface area contributed by atoms with Gasteiger partial charge in [0.25, 0.3) is 5.91 Å². The summed E-state index contributed by atoms with van der Waals surface area (Å²) in [5, 5.41) is 0. The Kier molecular flexibility index (Phi) is 7.03. The summed E-state index contributed by atoms with van der Waals surface area (Å²) < 4.78 is 25.1. The number of sulfone groups is 1. The molecule has 1 fully saturated rings. The first-order valence-electron chi connectivity index (χ1n) is 8.80. The van der Waals surface area contributed by atoms with Gasteiger partial charge in [-0.1, -0.05) is 29.8 Å². The second-order valence-electron chi connectivity index (χ2n) is 6.80. The molecule has 1 aliphatic rings. The van der Waals surface area contributed by atoms with Gasteiger partial charge in [0.2, 0.25) is 0 Å². The maximum absolute atomic E-state index is 12.6. The highest BCUT2D eigenvalue weighted by molar-refractivity contribution is 7.90. The number of benzene rings is 2. The molecule has 0 radical (unpaired) electrons. The number of carbonyl (C=O) groups excluding carboxylic acids is 1. The summed E-state index contributed by atoms with van der Waals surface area (Å²) in [5.74, 6) is -0.120. The Labute approximate surface area is 166 Å². The fourth-order valence-corrected chi connectivity index (χ4v) is 4.65. The van der Waals surface area contributed by atoms with Crippen molar-refractivity contribution in [3.63, 3.8) is 0 Å². The summed E-state index contributed by atoms with van der Waals surface area (Å²) in [6.07, 6.45) is 1.91. The molecule has 7 heteroatoms. The van der Waals surface area contributed by atoms with Gasteiger partial charge in [0, 0.05) is 24.7 Å². The van der Waals surface area contributed by atoms with Gasteiger partial charge in [-0.3, -0.25) is 4.79 Å². The third-order valence-corrected chi connectivity index (χ3v) is 6.55. The minimum absolute atomic E-state index is 0. The maximum Gasteiger partial charge on any atom is 0.254 e. The Hall–Kier alpha value is -1.89. The smallest absolute Gasteiger partial charge is 0.254 e. The molecule has 2 N–H and O–H groups in total. The third kappa shape index (κ3) is 4.89. The van der Waals surface area contributed by atoms with Crippen molar-refractivity contribution in [3.05, 3.63) is 65.2 Å². The van der Waals surface area contributed by atoms with Crippen LogP contribution in [0.3, 0.4) is 0 Å². The molecule has 2 aromatic carbocycles. The zero-order chi connectivity index (χ0) is 18.7. The van der Waals surface area contributed by atoms with Crippen molar-refractivity contribution < 1.29 is 13.2 Å². The highest BCUT2D eigenvalue weighted by Crippen LogP contribution is 2.21. The zero-order valence-electron chi connectivity index (χ0n) is 15.3. The van der Waals surface area contributed by atoms with E-state index in [-0.39, 0.29) is 30.1 Å². The molecule has 1 heterocycles. The second kappa shape index (κ2) is 8.87. The third-order valence-electron chi connectivity index (χ3n) is 4.85. The molecule has 0 aromatic heterocycles. The highest BCUT2D eigenvalue weighted by atomic mass is 35.5. The van der Waals surface area contributed by atoms with Gasteiger partial charge < -0.3 is 10.6 Å². The van der Waals surface area contributed by atoms with Crippen molar-refractivity contribution >= 4 is 28.2 Å². The van der Waals surface area contributed by atoms with Gasteiger partial charge in [0.05, 0.1) is 10.6 Å². The average Bonchev–Trinajstić information content (AvgIpc) is 3.10. The lowest BCUT2D eigenvalue weighted by molar-refractivity contribution is 0.0741. The van der Waals surface area contributed by atoms with Crippen LogP contribution >= 0.6 is 12.4 Å². The van der Waals surface area contributed by atoms with Crippen LogP contribution in [-0.2, 0) is 15.6 Å². The van der Waals surface area contributed by atoms with Gasteiger partial charge in [0.15, 0.2) is 9.84 Å². The summed E-state index contributed by atoms with van der Waals surface area (Å²) in [6.45, 7) is 3.12. The number of nitrogens with two attached hydrogens (primary N) is 1. The van der Waals surface area contributed by atoms with E-state index in [4.69, 9.17) is 5.73 Å². The van der Waals surface area contributed by atoms with Gasteiger partial charge in [-0.2, -0.15) is 0 Å². The number of likely N-dealkylation sites (tertiary alicyclic amines) is 1. The van der Waals surface area contributed by atoms with Crippen LogP contribution in [0.1, 0.15) is 34.3 Å². The Bertz CT molecular complexity index is 880. The van der Waals surface area contributed by atoms with E-state index in [2.05, 4.69) is 0 Å². The monoisotopic (exact) mass is 408 g/mol. The van der Waals surface area contributed by atoms with Gasteiger partial charge in [-0.15, -0.1) is 12.4 Å². The number of carbonyl (C=O) groups is 1.